The molecule has 0 aromatic carbocycles. The standard InChI is InChI=1S/C11H21N3O2/c12-10(14-16)7-4-8-13-11(15)9-5-2-1-3-6-9/h9,16H,1-8H2,(H2,12,14)(H,13,15). The van der Waals surface area contributed by atoms with Crippen LogP contribution in [0.4, 0.5) is 0 Å². The van der Waals surface area contributed by atoms with Gasteiger partial charge in [0.2, 0.25) is 5.91 Å². The third-order valence-electron chi connectivity index (χ3n) is 3.01. The maximum Gasteiger partial charge on any atom is 0.223 e. The highest BCUT2D eigenvalue weighted by Gasteiger charge is 2.20. The molecule has 92 valence electrons. The Labute approximate surface area is 96.1 Å². The van der Waals surface area contributed by atoms with Crippen molar-refractivity contribution in [3.8, 4) is 0 Å². The van der Waals surface area contributed by atoms with Crippen molar-refractivity contribution in [1.82, 2.24) is 5.32 Å². The van der Waals surface area contributed by atoms with Crippen LogP contribution in [0.3, 0.4) is 0 Å². The van der Waals surface area contributed by atoms with Crippen LogP contribution in [0.5, 0.6) is 0 Å². The van der Waals surface area contributed by atoms with Crippen LogP contribution >= 0.6 is 0 Å². The lowest BCUT2D eigenvalue weighted by atomic mass is 9.89. The predicted molar refractivity (Wildman–Crippen MR) is 62.2 cm³/mol. The number of nitrogens with one attached hydrogen (secondary N) is 1. The topological polar surface area (TPSA) is 87.7 Å². The third-order valence-corrected chi connectivity index (χ3v) is 3.01. The summed E-state index contributed by atoms with van der Waals surface area (Å²) in [6, 6.07) is 0. The van der Waals surface area contributed by atoms with Gasteiger partial charge in [0.05, 0.1) is 0 Å². The number of oxime groups is 1. The maximum absolute atomic E-state index is 11.7. The Bertz CT molecular complexity index is 248. The van der Waals surface area contributed by atoms with E-state index in [9.17, 15) is 4.79 Å². The minimum atomic E-state index is 0.166. The Balaban J connectivity index is 2.10. The zero-order valence-corrected chi connectivity index (χ0v) is 9.61. The lowest BCUT2D eigenvalue weighted by Crippen LogP contribution is -2.33. The number of rotatable bonds is 5. The molecule has 5 heteroatoms. The van der Waals surface area contributed by atoms with E-state index in [1.807, 2.05) is 0 Å². The van der Waals surface area contributed by atoms with Crippen molar-refractivity contribution in [3.63, 3.8) is 0 Å². The van der Waals surface area contributed by atoms with E-state index in [1.165, 1.54) is 19.3 Å². The van der Waals surface area contributed by atoms with Gasteiger partial charge in [-0.1, -0.05) is 24.4 Å². The van der Waals surface area contributed by atoms with Crippen molar-refractivity contribution < 1.29 is 10.0 Å². The Morgan fingerprint density at radius 2 is 2.06 bits per heavy atom. The van der Waals surface area contributed by atoms with Crippen molar-refractivity contribution >= 4 is 11.7 Å². The van der Waals surface area contributed by atoms with E-state index >= 15 is 0 Å². The molecule has 5 nitrogen and oxygen atoms in total. The van der Waals surface area contributed by atoms with Gasteiger partial charge >= 0.3 is 0 Å². The Morgan fingerprint density at radius 3 is 2.69 bits per heavy atom. The van der Waals surface area contributed by atoms with Crippen molar-refractivity contribution in [1.29, 1.82) is 0 Å². The highest BCUT2D eigenvalue weighted by atomic mass is 16.4. The van der Waals surface area contributed by atoms with Crippen LogP contribution in [0.2, 0.25) is 0 Å². The van der Waals surface area contributed by atoms with E-state index < -0.39 is 0 Å². The van der Waals surface area contributed by atoms with Gasteiger partial charge < -0.3 is 16.3 Å². The second-order valence-electron chi connectivity index (χ2n) is 4.32. The van der Waals surface area contributed by atoms with Crippen molar-refractivity contribution in [2.24, 2.45) is 16.8 Å². The SMILES string of the molecule is NC(CCCNC(=O)C1CCCCC1)=NO. The Morgan fingerprint density at radius 1 is 1.38 bits per heavy atom. The average Bonchev–Trinajstić information content (AvgIpc) is 2.35. The molecular formula is C11H21N3O2. The van der Waals surface area contributed by atoms with E-state index in [4.69, 9.17) is 10.9 Å². The highest BCUT2D eigenvalue weighted by Crippen LogP contribution is 2.23. The van der Waals surface area contributed by atoms with Crippen molar-refractivity contribution in [2.45, 2.75) is 44.9 Å². The number of carbonyl (C=O) groups excluding carboxylic acids is 1. The molecule has 1 amide bonds. The first kappa shape index (κ1) is 12.8. The fourth-order valence-electron chi connectivity index (χ4n) is 2.04. The summed E-state index contributed by atoms with van der Waals surface area (Å²) in [6.07, 6.45) is 6.87. The number of amides is 1. The van der Waals surface area contributed by atoms with Gasteiger partial charge in [0.15, 0.2) is 0 Å². The van der Waals surface area contributed by atoms with E-state index in [0.717, 1.165) is 12.8 Å². The zero-order valence-electron chi connectivity index (χ0n) is 9.61. The molecule has 0 atom stereocenters. The molecule has 0 spiro atoms. The van der Waals surface area contributed by atoms with Gasteiger partial charge in [0.25, 0.3) is 0 Å². The first-order valence-corrected chi connectivity index (χ1v) is 5.98. The summed E-state index contributed by atoms with van der Waals surface area (Å²) >= 11 is 0. The molecule has 1 saturated carbocycles. The lowest BCUT2D eigenvalue weighted by molar-refractivity contribution is -0.125. The Hall–Kier alpha value is -1.26. The molecule has 1 rings (SSSR count). The minimum Gasteiger partial charge on any atom is -0.409 e. The molecule has 0 aromatic heterocycles. The number of carbonyl (C=O) groups is 1. The van der Waals surface area contributed by atoms with E-state index in [0.29, 0.717) is 19.4 Å². The number of nitrogens with zero attached hydrogens (tertiary/aromatic N) is 1. The van der Waals surface area contributed by atoms with Gasteiger partial charge in [0.1, 0.15) is 5.84 Å². The summed E-state index contributed by atoms with van der Waals surface area (Å²) in [4.78, 5) is 11.7. The quantitative estimate of drug-likeness (QED) is 0.217. The third kappa shape index (κ3) is 4.51. The molecule has 1 fully saturated rings. The highest BCUT2D eigenvalue weighted by molar-refractivity contribution is 5.80. The molecule has 4 N–H and O–H groups in total. The largest absolute Gasteiger partial charge is 0.409 e. The molecule has 0 radical (unpaired) electrons. The van der Waals surface area contributed by atoms with Crippen molar-refractivity contribution in [2.75, 3.05) is 6.54 Å². The molecule has 0 unspecified atom stereocenters. The zero-order chi connectivity index (χ0) is 11.8. The molecule has 0 aliphatic heterocycles. The summed E-state index contributed by atoms with van der Waals surface area (Å²) in [7, 11) is 0. The first-order valence-electron chi connectivity index (χ1n) is 5.98. The molecule has 16 heavy (non-hydrogen) atoms. The summed E-state index contributed by atoms with van der Waals surface area (Å²) < 4.78 is 0. The van der Waals surface area contributed by atoms with Gasteiger partial charge in [-0.2, -0.15) is 0 Å². The number of hydrogen-bond donors (Lipinski definition) is 3. The minimum absolute atomic E-state index is 0.166. The molecule has 1 aliphatic rings. The summed E-state index contributed by atoms with van der Waals surface area (Å²) in [5.74, 6) is 0.587. The van der Waals surface area contributed by atoms with Crippen LogP contribution < -0.4 is 11.1 Å². The number of nitrogens with two attached hydrogens (primary N) is 1. The molecule has 0 aromatic rings. The summed E-state index contributed by atoms with van der Waals surface area (Å²) in [5.41, 5.74) is 5.32. The molecule has 1 aliphatic carbocycles. The van der Waals surface area contributed by atoms with Gasteiger partial charge in [-0.15, -0.1) is 0 Å². The normalized spacial score (nSPS) is 18.4. The van der Waals surface area contributed by atoms with Crippen LogP contribution in [0, 0.1) is 5.92 Å². The number of amidine groups is 1. The second kappa shape index (κ2) is 7.09. The lowest BCUT2D eigenvalue weighted by Gasteiger charge is -2.20. The molecular weight excluding hydrogens is 206 g/mol. The molecule has 0 saturated heterocycles. The predicted octanol–water partition coefficient (Wildman–Crippen LogP) is 1.21. The monoisotopic (exact) mass is 227 g/mol. The fourth-order valence-corrected chi connectivity index (χ4v) is 2.04. The van der Waals surface area contributed by atoms with E-state index in [-0.39, 0.29) is 17.7 Å². The van der Waals surface area contributed by atoms with Crippen LogP contribution in [0.15, 0.2) is 5.16 Å². The summed E-state index contributed by atoms with van der Waals surface area (Å²) in [5, 5.41) is 14.1. The van der Waals surface area contributed by atoms with Crippen molar-refractivity contribution in [3.05, 3.63) is 0 Å². The average molecular weight is 227 g/mol. The fraction of sp³-hybridized carbons (Fsp3) is 0.818. The van der Waals surface area contributed by atoms with Gasteiger partial charge in [-0.3, -0.25) is 4.79 Å². The van der Waals surface area contributed by atoms with Crippen LogP contribution in [0.25, 0.3) is 0 Å². The van der Waals surface area contributed by atoms with Gasteiger partial charge in [0, 0.05) is 18.9 Å². The van der Waals surface area contributed by atoms with E-state index in [1.54, 1.807) is 0 Å². The van der Waals surface area contributed by atoms with Gasteiger partial charge in [-0.05, 0) is 19.3 Å². The first-order chi connectivity index (χ1) is 7.74. The van der Waals surface area contributed by atoms with E-state index in [2.05, 4.69) is 10.5 Å². The maximum atomic E-state index is 11.7. The second-order valence-corrected chi connectivity index (χ2v) is 4.32. The smallest absolute Gasteiger partial charge is 0.223 e. The van der Waals surface area contributed by atoms with Gasteiger partial charge in [-0.25, -0.2) is 0 Å². The number of hydrogen-bond acceptors (Lipinski definition) is 3. The Kier molecular flexibility index (Phi) is 5.67. The van der Waals surface area contributed by atoms with Crippen LogP contribution in [0.1, 0.15) is 44.9 Å². The summed E-state index contributed by atoms with van der Waals surface area (Å²) in [6.45, 7) is 0.603. The molecule has 0 bridgehead atoms. The van der Waals surface area contributed by atoms with Crippen LogP contribution in [-0.4, -0.2) is 23.5 Å². The van der Waals surface area contributed by atoms with Crippen LogP contribution in [-0.2, 0) is 4.79 Å². The molecule has 0 heterocycles.